The summed E-state index contributed by atoms with van der Waals surface area (Å²) in [4.78, 5) is 35.5. The Hall–Kier alpha value is -2.44. The van der Waals surface area contributed by atoms with Crippen molar-refractivity contribution in [2.24, 2.45) is 5.92 Å². The first kappa shape index (κ1) is 20.9. The average Bonchev–Trinajstić information content (AvgIpc) is 2.70. The lowest BCUT2D eigenvalue weighted by Crippen LogP contribution is -2.63. The van der Waals surface area contributed by atoms with Gasteiger partial charge in [0.2, 0.25) is 0 Å². The van der Waals surface area contributed by atoms with Crippen LogP contribution in [0, 0.1) is 5.92 Å². The van der Waals surface area contributed by atoms with E-state index < -0.39 is 19.8 Å². The van der Waals surface area contributed by atoms with Crippen molar-refractivity contribution in [2.45, 2.75) is 25.8 Å². The lowest BCUT2D eigenvalue weighted by Gasteiger charge is -2.37. The number of hydrogen-bond acceptors (Lipinski definition) is 5. The third kappa shape index (κ3) is 5.05. The highest BCUT2D eigenvalue weighted by Gasteiger charge is 2.47. The van der Waals surface area contributed by atoms with Crippen molar-refractivity contribution in [3.63, 3.8) is 0 Å². The van der Waals surface area contributed by atoms with Crippen LogP contribution in [-0.4, -0.2) is 38.8 Å². The molecule has 0 spiro atoms. The van der Waals surface area contributed by atoms with E-state index in [9.17, 15) is 14.4 Å². The number of ether oxygens (including phenoxy) is 2. The van der Waals surface area contributed by atoms with Gasteiger partial charge in [-0.2, -0.15) is 0 Å². The van der Waals surface area contributed by atoms with Crippen molar-refractivity contribution in [1.82, 2.24) is 0 Å². The van der Waals surface area contributed by atoms with E-state index in [1.807, 2.05) is 67.6 Å². The van der Waals surface area contributed by atoms with Gasteiger partial charge in [0, 0.05) is 18.9 Å². The molecule has 0 amide bonds. The highest BCUT2D eigenvalue weighted by molar-refractivity contribution is 6.97. The van der Waals surface area contributed by atoms with E-state index >= 15 is 0 Å². The summed E-state index contributed by atoms with van der Waals surface area (Å²) in [5.74, 6) is -1.01. The van der Waals surface area contributed by atoms with Gasteiger partial charge in [-0.1, -0.05) is 67.6 Å². The predicted molar refractivity (Wildman–Crippen MR) is 106 cm³/mol. The van der Waals surface area contributed by atoms with Gasteiger partial charge < -0.3 is 14.3 Å². The van der Waals surface area contributed by atoms with E-state index in [4.69, 9.17) is 9.47 Å². The topological polar surface area (TPSA) is 72.8 Å². The Balaban J connectivity index is 2.55. The molecule has 0 aliphatic carbocycles. The first-order valence-electron chi connectivity index (χ1n) is 8.93. The molecule has 2 aromatic carbocycles. The number of esters is 2. The second kappa shape index (κ2) is 9.48. The van der Waals surface area contributed by atoms with Crippen LogP contribution in [0.15, 0.2) is 60.7 Å². The average molecular weight is 387 g/mol. The van der Waals surface area contributed by atoms with Gasteiger partial charge in [-0.05, 0) is 16.3 Å². The van der Waals surface area contributed by atoms with Gasteiger partial charge in [0.1, 0.15) is 0 Å². The SMILES string of the molecule is COC(=O)C[C@@H]([C@H](C)COC(C)=O)[Si](O)(c1ccccc1)c1ccccc1. The van der Waals surface area contributed by atoms with Crippen LogP contribution in [0.5, 0.6) is 0 Å². The number of methoxy groups -OCH3 is 1. The third-order valence-corrected chi connectivity index (χ3v) is 9.09. The number of carbonyl (C=O) groups excluding carboxylic acids is 2. The Morgan fingerprint density at radius 2 is 1.48 bits per heavy atom. The molecule has 0 unspecified atom stereocenters. The molecule has 0 radical (unpaired) electrons. The van der Waals surface area contributed by atoms with Gasteiger partial charge in [-0.15, -0.1) is 0 Å². The molecule has 0 bridgehead atoms. The lowest BCUT2D eigenvalue weighted by molar-refractivity contribution is -0.142. The molecule has 0 aromatic heterocycles. The molecule has 144 valence electrons. The van der Waals surface area contributed by atoms with Crippen LogP contribution in [-0.2, 0) is 19.1 Å². The minimum Gasteiger partial charge on any atom is -0.469 e. The normalized spacial score (nSPS) is 13.5. The molecular weight excluding hydrogens is 360 g/mol. The maximum atomic E-state index is 12.2. The molecule has 2 rings (SSSR count). The second-order valence-electron chi connectivity index (χ2n) is 6.67. The van der Waals surface area contributed by atoms with Crippen LogP contribution in [0.3, 0.4) is 0 Å². The molecule has 27 heavy (non-hydrogen) atoms. The summed E-state index contributed by atoms with van der Waals surface area (Å²) in [5.41, 5.74) is -0.422. The highest BCUT2D eigenvalue weighted by Crippen LogP contribution is 2.32. The molecule has 0 aliphatic rings. The van der Waals surface area contributed by atoms with Gasteiger partial charge in [-0.3, -0.25) is 9.59 Å². The molecule has 0 saturated heterocycles. The minimum atomic E-state index is -3.34. The Bertz CT molecular complexity index is 708. The summed E-state index contributed by atoms with van der Waals surface area (Å²) in [7, 11) is -2.00. The summed E-state index contributed by atoms with van der Waals surface area (Å²) in [6.07, 6.45) is 0.0471. The highest BCUT2D eigenvalue weighted by atomic mass is 28.4. The Labute approximate surface area is 161 Å². The standard InChI is InChI=1S/C21H26O5Si/c1-16(15-26-17(2)22)20(14-21(23)25-3)27(24,18-10-6-4-7-11-18)19-12-8-5-9-13-19/h4-13,16,20,24H,14-15H2,1-3H3/t16-,20+/m1/s1. The van der Waals surface area contributed by atoms with E-state index in [1.54, 1.807) is 0 Å². The maximum absolute atomic E-state index is 12.2. The zero-order chi connectivity index (χ0) is 19.9. The summed E-state index contributed by atoms with van der Waals surface area (Å²) in [6, 6.07) is 18.9. The summed E-state index contributed by atoms with van der Waals surface area (Å²) >= 11 is 0. The van der Waals surface area contributed by atoms with E-state index in [2.05, 4.69) is 0 Å². The van der Waals surface area contributed by atoms with Crippen LogP contribution < -0.4 is 10.4 Å². The van der Waals surface area contributed by atoms with E-state index in [0.717, 1.165) is 10.4 Å². The maximum Gasteiger partial charge on any atom is 0.305 e. The number of hydrogen-bond donors (Lipinski definition) is 1. The summed E-state index contributed by atoms with van der Waals surface area (Å²) < 4.78 is 10.1. The molecule has 2 atom stereocenters. The van der Waals surface area contributed by atoms with Crippen LogP contribution in [0.4, 0.5) is 0 Å². The molecular formula is C21H26O5Si. The number of rotatable bonds is 8. The van der Waals surface area contributed by atoms with Gasteiger partial charge in [-0.25, -0.2) is 0 Å². The molecule has 0 aliphatic heterocycles. The summed E-state index contributed by atoms with van der Waals surface area (Å²) in [6.45, 7) is 3.37. The van der Waals surface area contributed by atoms with E-state index in [-0.39, 0.29) is 24.9 Å². The van der Waals surface area contributed by atoms with Crippen molar-refractivity contribution in [2.75, 3.05) is 13.7 Å². The largest absolute Gasteiger partial charge is 0.469 e. The zero-order valence-electron chi connectivity index (χ0n) is 15.9. The minimum absolute atomic E-state index is 0.0471. The van der Waals surface area contributed by atoms with Crippen LogP contribution in [0.2, 0.25) is 5.54 Å². The Morgan fingerprint density at radius 1 is 1.00 bits per heavy atom. The number of carbonyl (C=O) groups is 2. The van der Waals surface area contributed by atoms with Crippen molar-refractivity contribution >= 4 is 30.6 Å². The van der Waals surface area contributed by atoms with Gasteiger partial charge in [0.15, 0.2) is 0 Å². The van der Waals surface area contributed by atoms with Crippen molar-refractivity contribution in [1.29, 1.82) is 0 Å². The molecule has 6 heteroatoms. The fourth-order valence-electron chi connectivity index (χ4n) is 3.37. The molecule has 2 aromatic rings. The first-order chi connectivity index (χ1) is 12.9. The van der Waals surface area contributed by atoms with Crippen molar-refractivity contribution < 1.29 is 23.9 Å². The van der Waals surface area contributed by atoms with E-state index in [1.165, 1.54) is 14.0 Å². The van der Waals surface area contributed by atoms with Gasteiger partial charge in [0.25, 0.3) is 8.32 Å². The van der Waals surface area contributed by atoms with Crippen LogP contribution >= 0.6 is 0 Å². The quantitative estimate of drug-likeness (QED) is 0.554. The molecule has 1 N–H and O–H groups in total. The van der Waals surface area contributed by atoms with E-state index in [0.29, 0.717) is 0 Å². The lowest BCUT2D eigenvalue weighted by atomic mass is 10.1. The molecule has 0 fully saturated rings. The zero-order valence-corrected chi connectivity index (χ0v) is 16.9. The predicted octanol–water partition coefficient (Wildman–Crippen LogP) is 1.87. The Kier molecular flexibility index (Phi) is 7.33. The van der Waals surface area contributed by atoms with Crippen LogP contribution in [0.25, 0.3) is 0 Å². The fraction of sp³-hybridized carbons (Fsp3) is 0.333. The number of benzene rings is 2. The molecule has 5 nitrogen and oxygen atoms in total. The van der Waals surface area contributed by atoms with Crippen LogP contribution in [0.1, 0.15) is 20.3 Å². The summed E-state index contributed by atoms with van der Waals surface area (Å²) in [5, 5.41) is 1.61. The van der Waals surface area contributed by atoms with Gasteiger partial charge in [0.05, 0.1) is 13.7 Å². The van der Waals surface area contributed by atoms with Gasteiger partial charge >= 0.3 is 11.9 Å². The third-order valence-electron chi connectivity index (χ3n) is 4.82. The van der Waals surface area contributed by atoms with Crippen molar-refractivity contribution in [3.8, 4) is 0 Å². The first-order valence-corrected chi connectivity index (χ1v) is 11.0. The monoisotopic (exact) mass is 386 g/mol. The fourth-order valence-corrected chi connectivity index (χ4v) is 7.34. The second-order valence-corrected chi connectivity index (χ2v) is 10.1. The molecule has 0 saturated carbocycles. The van der Waals surface area contributed by atoms with Crippen molar-refractivity contribution in [3.05, 3.63) is 60.7 Å². The molecule has 0 heterocycles. The Morgan fingerprint density at radius 3 is 1.89 bits per heavy atom. The smallest absolute Gasteiger partial charge is 0.305 e.